The summed E-state index contributed by atoms with van der Waals surface area (Å²) < 4.78 is 42.3. The van der Waals surface area contributed by atoms with Crippen LogP contribution in [0.3, 0.4) is 0 Å². The molecule has 3 heterocycles. The van der Waals surface area contributed by atoms with Crippen LogP contribution >= 0.6 is 0 Å². The number of alkyl halides is 3. The molecule has 2 aliphatic rings. The maximum absolute atomic E-state index is 14.1. The van der Waals surface area contributed by atoms with E-state index in [0.717, 1.165) is 49.1 Å². The summed E-state index contributed by atoms with van der Waals surface area (Å²) in [5.41, 5.74) is 1.49. The Labute approximate surface area is 238 Å². The molecule has 5 rings (SSSR count). The zero-order valence-corrected chi connectivity index (χ0v) is 23.4. The van der Waals surface area contributed by atoms with Crippen LogP contribution in [-0.2, 0) is 23.0 Å². The molecule has 2 saturated heterocycles. The summed E-state index contributed by atoms with van der Waals surface area (Å²) in [6.45, 7) is 8.43. The molecule has 8 nitrogen and oxygen atoms in total. The monoisotopic (exact) mass is 565 g/mol. The van der Waals surface area contributed by atoms with Crippen LogP contribution in [0.15, 0.2) is 54.7 Å². The molecule has 41 heavy (non-hydrogen) atoms. The number of anilines is 3. The third-order valence-corrected chi connectivity index (χ3v) is 7.62. The second kappa shape index (κ2) is 11.6. The first-order chi connectivity index (χ1) is 19.5. The zero-order valence-electron chi connectivity index (χ0n) is 23.4. The van der Waals surface area contributed by atoms with Gasteiger partial charge in [-0.1, -0.05) is 36.4 Å². The van der Waals surface area contributed by atoms with Crippen LogP contribution in [0.2, 0.25) is 0 Å². The third-order valence-electron chi connectivity index (χ3n) is 7.62. The number of aromatic nitrogens is 2. The molecule has 0 aliphatic carbocycles. The summed E-state index contributed by atoms with van der Waals surface area (Å²) in [6.07, 6.45) is -3.36. The number of nitriles is 1. The molecule has 2 aromatic carbocycles. The molecule has 1 atom stereocenters. The Morgan fingerprint density at radius 2 is 1.80 bits per heavy atom. The maximum atomic E-state index is 14.1. The molecule has 0 spiro atoms. The van der Waals surface area contributed by atoms with Gasteiger partial charge in [0.15, 0.2) is 5.82 Å². The molecule has 1 N–H and O–H groups in total. The molecular formula is C30H34F3N7O. The Balaban J connectivity index is 1.49. The summed E-state index contributed by atoms with van der Waals surface area (Å²) in [5, 5.41) is 14.2. The Kier molecular flexibility index (Phi) is 8.18. The van der Waals surface area contributed by atoms with Crippen molar-refractivity contribution in [3.63, 3.8) is 0 Å². The molecule has 1 aromatic heterocycles. The number of hydroxylamine groups is 1. The van der Waals surface area contributed by atoms with E-state index in [1.807, 2.05) is 62.4 Å². The summed E-state index contributed by atoms with van der Waals surface area (Å²) >= 11 is 0. The fourth-order valence-corrected chi connectivity index (χ4v) is 5.13. The first-order valence-corrected chi connectivity index (χ1v) is 13.7. The lowest BCUT2D eigenvalue weighted by Gasteiger charge is -2.32. The van der Waals surface area contributed by atoms with Crippen molar-refractivity contribution in [2.75, 3.05) is 50.2 Å². The van der Waals surface area contributed by atoms with E-state index >= 15 is 0 Å². The molecule has 216 valence electrons. The van der Waals surface area contributed by atoms with E-state index in [-0.39, 0.29) is 18.4 Å². The summed E-state index contributed by atoms with van der Waals surface area (Å²) in [7, 11) is 2.10. The number of halogens is 3. The minimum Gasteiger partial charge on any atom is -0.324 e. The number of likely N-dealkylation sites (N-methyl/N-ethyl adjacent to an activating group) is 1. The number of rotatable bonds is 7. The number of piperazine rings is 1. The second-order valence-electron chi connectivity index (χ2n) is 11.2. The lowest BCUT2D eigenvalue weighted by atomic mass is 9.85. The predicted molar refractivity (Wildman–Crippen MR) is 150 cm³/mol. The van der Waals surface area contributed by atoms with Crippen molar-refractivity contribution < 1.29 is 18.0 Å². The van der Waals surface area contributed by atoms with Crippen LogP contribution in [0.5, 0.6) is 0 Å². The van der Waals surface area contributed by atoms with Crippen LogP contribution in [0, 0.1) is 11.3 Å². The van der Waals surface area contributed by atoms with Crippen LogP contribution < -0.4 is 10.4 Å². The Hall–Kier alpha value is -3.72. The minimum absolute atomic E-state index is 0.00720. The maximum Gasteiger partial charge on any atom is 0.421 e. The standard InChI is InChI=1S/C30H34F3N7O/c1-29(2,20-34)23-15-21(19-39-12-10-38(3)11-13-39)16-24(17-23)36-28-35-18-25(30(31,32)33)27(37-28)40-26(9-14-41-40)22-7-5-4-6-8-22/h4-8,15-18,26H,9-14,19H2,1-3H3,(H,35,36,37). The van der Waals surface area contributed by atoms with E-state index < -0.39 is 23.2 Å². The van der Waals surface area contributed by atoms with Crippen molar-refractivity contribution in [3.05, 3.63) is 77.0 Å². The lowest BCUT2D eigenvalue weighted by molar-refractivity contribution is -0.138. The van der Waals surface area contributed by atoms with Crippen molar-refractivity contribution in [2.45, 2.75) is 44.4 Å². The summed E-state index contributed by atoms with van der Waals surface area (Å²) in [6, 6.07) is 17.0. The predicted octanol–water partition coefficient (Wildman–Crippen LogP) is 5.67. The van der Waals surface area contributed by atoms with Gasteiger partial charge in [-0.2, -0.15) is 23.4 Å². The number of hydrogen-bond donors (Lipinski definition) is 1. The number of benzene rings is 2. The van der Waals surface area contributed by atoms with E-state index in [9.17, 15) is 18.4 Å². The Morgan fingerprint density at radius 1 is 1.07 bits per heavy atom. The summed E-state index contributed by atoms with van der Waals surface area (Å²) in [4.78, 5) is 18.7. The first-order valence-electron chi connectivity index (χ1n) is 13.7. The van der Waals surface area contributed by atoms with E-state index in [4.69, 9.17) is 4.84 Å². The minimum atomic E-state index is -4.67. The Morgan fingerprint density at radius 3 is 2.49 bits per heavy atom. The van der Waals surface area contributed by atoms with Gasteiger partial charge in [-0.05, 0) is 49.7 Å². The average Bonchev–Trinajstić information content (AvgIpc) is 3.44. The highest BCUT2D eigenvalue weighted by molar-refractivity contribution is 5.60. The third kappa shape index (κ3) is 6.62. The van der Waals surface area contributed by atoms with Crippen molar-refractivity contribution in [1.82, 2.24) is 19.8 Å². The van der Waals surface area contributed by atoms with Gasteiger partial charge in [0, 0.05) is 51.0 Å². The second-order valence-corrected chi connectivity index (χ2v) is 11.2. The topological polar surface area (TPSA) is 80.6 Å². The molecular weight excluding hydrogens is 531 g/mol. The van der Waals surface area contributed by atoms with Gasteiger partial charge >= 0.3 is 6.18 Å². The molecule has 0 saturated carbocycles. The van der Waals surface area contributed by atoms with Gasteiger partial charge in [-0.3, -0.25) is 9.74 Å². The van der Waals surface area contributed by atoms with Crippen molar-refractivity contribution in [1.29, 1.82) is 5.26 Å². The fraction of sp³-hybridized carbons (Fsp3) is 0.433. The van der Waals surface area contributed by atoms with Crippen LogP contribution in [0.25, 0.3) is 0 Å². The first kappa shape index (κ1) is 28.8. The number of nitrogens with one attached hydrogen (secondary N) is 1. The zero-order chi connectivity index (χ0) is 29.2. The highest BCUT2D eigenvalue weighted by atomic mass is 19.4. The van der Waals surface area contributed by atoms with Gasteiger partial charge in [0.2, 0.25) is 5.95 Å². The Bertz CT molecular complexity index is 1400. The van der Waals surface area contributed by atoms with E-state index in [2.05, 4.69) is 38.2 Å². The van der Waals surface area contributed by atoms with Gasteiger partial charge < -0.3 is 10.2 Å². The van der Waals surface area contributed by atoms with Crippen molar-refractivity contribution >= 4 is 17.5 Å². The van der Waals surface area contributed by atoms with E-state index in [0.29, 0.717) is 18.7 Å². The van der Waals surface area contributed by atoms with Crippen LogP contribution in [0.1, 0.15) is 48.6 Å². The van der Waals surface area contributed by atoms with Gasteiger partial charge in [-0.25, -0.2) is 10.0 Å². The fourth-order valence-electron chi connectivity index (χ4n) is 5.13. The highest BCUT2D eigenvalue weighted by Crippen LogP contribution is 2.42. The molecule has 2 fully saturated rings. The molecule has 0 amide bonds. The average molecular weight is 566 g/mol. The van der Waals surface area contributed by atoms with Gasteiger partial charge in [-0.15, -0.1) is 0 Å². The highest BCUT2D eigenvalue weighted by Gasteiger charge is 2.40. The van der Waals surface area contributed by atoms with E-state index in [1.54, 1.807) is 0 Å². The smallest absolute Gasteiger partial charge is 0.324 e. The van der Waals surface area contributed by atoms with Crippen LogP contribution in [-0.4, -0.2) is 59.6 Å². The largest absolute Gasteiger partial charge is 0.421 e. The molecule has 11 heteroatoms. The SMILES string of the molecule is CN1CCN(Cc2cc(Nc3ncc(C(F)(F)F)c(N4OCCC4c4ccccc4)n3)cc(C(C)(C)C#N)c2)CC1. The van der Waals surface area contributed by atoms with Gasteiger partial charge in [0.05, 0.1) is 24.1 Å². The molecule has 0 bridgehead atoms. The molecule has 2 aliphatic heterocycles. The number of nitrogens with zero attached hydrogens (tertiary/aromatic N) is 6. The molecule has 1 unspecified atom stereocenters. The quantitative estimate of drug-likeness (QED) is 0.393. The van der Waals surface area contributed by atoms with E-state index in [1.165, 1.54) is 5.06 Å². The summed E-state index contributed by atoms with van der Waals surface area (Å²) in [5.74, 6) is -0.333. The van der Waals surface area contributed by atoms with Crippen molar-refractivity contribution in [3.8, 4) is 6.07 Å². The van der Waals surface area contributed by atoms with Crippen LogP contribution in [0.4, 0.5) is 30.6 Å². The van der Waals surface area contributed by atoms with Crippen molar-refractivity contribution in [2.24, 2.45) is 0 Å². The lowest BCUT2D eigenvalue weighted by Crippen LogP contribution is -2.43. The molecule has 3 aromatic rings. The normalized spacial score (nSPS) is 18.9. The molecule has 0 radical (unpaired) electrons. The van der Waals surface area contributed by atoms with Gasteiger partial charge in [0.25, 0.3) is 0 Å². The van der Waals surface area contributed by atoms with Gasteiger partial charge in [0.1, 0.15) is 5.56 Å². The number of hydrogen-bond acceptors (Lipinski definition) is 8.